The molecular weight excluding hydrogens is 367 g/mol. The zero-order valence-corrected chi connectivity index (χ0v) is 15.9. The Labute approximate surface area is 158 Å². The van der Waals surface area contributed by atoms with E-state index in [0.29, 0.717) is 19.0 Å². The van der Waals surface area contributed by atoms with Crippen molar-refractivity contribution in [3.05, 3.63) is 65.5 Å². The fourth-order valence-electron chi connectivity index (χ4n) is 3.03. The summed E-state index contributed by atoms with van der Waals surface area (Å²) in [6.45, 7) is 1.04. The van der Waals surface area contributed by atoms with Gasteiger partial charge in [0.25, 0.3) is 0 Å². The molecule has 1 aliphatic rings. The van der Waals surface area contributed by atoms with E-state index in [1.54, 1.807) is 25.2 Å². The van der Waals surface area contributed by atoms with Gasteiger partial charge in [-0.1, -0.05) is 24.3 Å². The number of rotatable bonds is 6. The average molecular weight is 390 g/mol. The fraction of sp³-hybridized carbons (Fsp3) is 0.316. The van der Waals surface area contributed by atoms with Crippen LogP contribution in [0, 0.1) is 5.82 Å². The van der Waals surface area contributed by atoms with Gasteiger partial charge in [0.1, 0.15) is 5.82 Å². The van der Waals surface area contributed by atoms with E-state index in [1.165, 1.54) is 18.2 Å². The molecule has 0 aromatic heterocycles. The van der Waals surface area contributed by atoms with E-state index in [-0.39, 0.29) is 16.1 Å². The Morgan fingerprint density at radius 1 is 1.19 bits per heavy atom. The van der Waals surface area contributed by atoms with Gasteiger partial charge in [-0.15, -0.1) is 0 Å². The van der Waals surface area contributed by atoms with Crippen LogP contribution in [0.4, 0.5) is 4.39 Å². The Kier molecular flexibility index (Phi) is 5.48. The molecule has 0 amide bonds. The molecule has 0 spiro atoms. The van der Waals surface area contributed by atoms with Crippen LogP contribution in [0.3, 0.4) is 0 Å². The molecule has 0 radical (unpaired) electrons. The third-order valence-corrected chi connectivity index (χ3v) is 5.71. The van der Waals surface area contributed by atoms with Crippen molar-refractivity contribution < 1.29 is 12.8 Å². The minimum Gasteiger partial charge on any atom is -0.356 e. The predicted octanol–water partition coefficient (Wildman–Crippen LogP) is 1.87. The minimum atomic E-state index is -3.73. The van der Waals surface area contributed by atoms with Crippen molar-refractivity contribution in [2.24, 2.45) is 10.1 Å². The van der Waals surface area contributed by atoms with Crippen molar-refractivity contribution in [2.75, 3.05) is 13.6 Å². The van der Waals surface area contributed by atoms with Crippen LogP contribution in [0.5, 0.6) is 0 Å². The number of hydrogen-bond acceptors (Lipinski definition) is 3. The summed E-state index contributed by atoms with van der Waals surface area (Å²) in [6.07, 6.45) is 1.99. The van der Waals surface area contributed by atoms with Crippen molar-refractivity contribution >= 4 is 16.0 Å². The molecule has 0 unspecified atom stereocenters. The molecule has 144 valence electrons. The molecule has 6 nitrogen and oxygen atoms in total. The van der Waals surface area contributed by atoms with Crippen molar-refractivity contribution in [1.29, 1.82) is 0 Å². The molecule has 2 aromatic rings. The van der Waals surface area contributed by atoms with E-state index in [0.717, 1.165) is 24.0 Å². The van der Waals surface area contributed by atoms with Gasteiger partial charge in [0.2, 0.25) is 10.0 Å². The maximum Gasteiger partial charge on any atom is 0.238 e. The summed E-state index contributed by atoms with van der Waals surface area (Å²) >= 11 is 0. The Morgan fingerprint density at radius 2 is 1.93 bits per heavy atom. The van der Waals surface area contributed by atoms with E-state index in [2.05, 4.69) is 15.6 Å². The van der Waals surface area contributed by atoms with Crippen LogP contribution >= 0.6 is 0 Å². The molecule has 4 N–H and O–H groups in total. The molecule has 0 bridgehead atoms. The Morgan fingerprint density at radius 3 is 2.56 bits per heavy atom. The molecule has 1 aliphatic carbocycles. The zero-order chi connectivity index (χ0) is 19.5. The van der Waals surface area contributed by atoms with Gasteiger partial charge in [0, 0.05) is 25.6 Å². The Balaban J connectivity index is 1.59. The Bertz CT molecular complexity index is 956. The number of benzene rings is 2. The highest BCUT2D eigenvalue weighted by Gasteiger charge is 2.44. The third-order valence-electron chi connectivity index (χ3n) is 4.80. The standard InChI is InChI=1S/C19H23FN4O2S/c1-22-18(23-12-14-4-2-7-17(10-14)27(21,25)26)24-13-19(8-9-19)15-5-3-6-16(20)11-15/h2-7,10-11H,8-9,12-13H2,1H3,(H2,21,25,26)(H2,22,23,24). The van der Waals surface area contributed by atoms with Gasteiger partial charge in [-0.05, 0) is 48.2 Å². The number of hydrogen-bond donors (Lipinski definition) is 3. The number of primary sulfonamides is 1. The summed E-state index contributed by atoms with van der Waals surface area (Å²) in [4.78, 5) is 4.27. The summed E-state index contributed by atoms with van der Waals surface area (Å²) in [5.41, 5.74) is 1.70. The van der Waals surface area contributed by atoms with Gasteiger partial charge >= 0.3 is 0 Å². The highest BCUT2D eigenvalue weighted by atomic mass is 32.2. The molecule has 27 heavy (non-hydrogen) atoms. The van der Waals surface area contributed by atoms with Gasteiger partial charge in [0.15, 0.2) is 5.96 Å². The van der Waals surface area contributed by atoms with Gasteiger partial charge in [-0.2, -0.15) is 0 Å². The first-order valence-corrected chi connectivity index (χ1v) is 10.2. The SMILES string of the molecule is CN=C(NCc1cccc(S(N)(=O)=O)c1)NCC1(c2cccc(F)c2)CC1. The molecule has 3 rings (SSSR count). The second-order valence-corrected chi connectivity index (χ2v) is 8.32. The Hall–Kier alpha value is -2.45. The number of sulfonamides is 1. The second-order valence-electron chi connectivity index (χ2n) is 6.76. The first-order chi connectivity index (χ1) is 12.8. The molecule has 2 aromatic carbocycles. The monoisotopic (exact) mass is 390 g/mol. The molecule has 1 fully saturated rings. The number of nitrogens with one attached hydrogen (secondary N) is 2. The van der Waals surface area contributed by atoms with Gasteiger partial charge < -0.3 is 10.6 Å². The number of guanidine groups is 1. The lowest BCUT2D eigenvalue weighted by atomic mass is 9.96. The van der Waals surface area contributed by atoms with Crippen LogP contribution < -0.4 is 15.8 Å². The number of nitrogens with two attached hydrogens (primary N) is 1. The highest BCUT2D eigenvalue weighted by Crippen LogP contribution is 2.47. The summed E-state index contributed by atoms with van der Waals surface area (Å²) in [6, 6.07) is 13.2. The quantitative estimate of drug-likeness (QED) is 0.518. The summed E-state index contributed by atoms with van der Waals surface area (Å²) in [7, 11) is -2.06. The van der Waals surface area contributed by atoms with Crippen LogP contribution in [-0.4, -0.2) is 28.0 Å². The lowest BCUT2D eigenvalue weighted by Gasteiger charge is -2.19. The number of aliphatic imine (C=N–C) groups is 1. The average Bonchev–Trinajstić information content (AvgIpc) is 3.43. The van der Waals surface area contributed by atoms with Crippen LogP contribution in [0.25, 0.3) is 0 Å². The van der Waals surface area contributed by atoms with Crippen molar-refractivity contribution in [3.8, 4) is 0 Å². The molecule has 0 atom stereocenters. The second kappa shape index (κ2) is 7.66. The summed E-state index contributed by atoms with van der Waals surface area (Å²) < 4.78 is 36.4. The smallest absolute Gasteiger partial charge is 0.238 e. The summed E-state index contributed by atoms with van der Waals surface area (Å²) in [5, 5.41) is 11.6. The first kappa shape index (κ1) is 19.3. The molecule has 1 saturated carbocycles. The largest absolute Gasteiger partial charge is 0.356 e. The van der Waals surface area contributed by atoms with Gasteiger partial charge in [0.05, 0.1) is 4.90 Å². The molecule has 0 aliphatic heterocycles. The van der Waals surface area contributed by atoms with Crippen molar-refractivity contribution in [1.82, 2.24) is 10.6 Å². The van der Waals surface area contributed by atoms with Crippen LogP contribution in [0.1, 0.15) is 24.0 Å². The fourth-order valence-corrected chi connectivity index (χ4v) is 3.61. The maximum absolute atomic E-state index is 13.5. The van der Waals surface area contributed by atoms with Crippen LogP contribution in [0.15, 0.2) is 58.4 Å². The lowest BCUT2D eigenvalue weighted by molar-refractivity contribution is 0.597. The number of nitrogens with zero attached hydrogens (tertiary/aromatic N) is 1. The third kappa shape index (κ3) is 4.84. The van der Waals surface area contributed by atoms with Crippen LogP contribution in [0.2, 0.25) is 0 Å². The van der Waals surface area contributed by atoms with E-state index >= 15 is 0 Å². The highest BCUT2D eigenvalue weighted by molar-refractivity contribution is 7.89. The molecule has 8 heteroatoms. The van der Waals surface area contributed by atoms with E-state index in [9.17, 15) is 12.8 Å². The lowest BCUT2D eigenvalue weighted by Crippen LogP contribution is -2.40. The van der Waals surface area contributed by atoms with E-state index in [1.807, 2.05) is 12.1 Å². The van der Waals surface area contributed by atoms with Gasteiger partial charge in [-0.25, -0.2) is 17.9 Å². The molecule has 0 heterocycles. The zero-order valence-electron chi connectivity index (χ0n) is 15.1. The van der Waals surface area contributed by atoms with Crippen molar-refractivity contribution in [2.45, 2.75) is 29.7 Å². The minimum absolute atomic E-state index is 0.0622. The topological polar surface area (TPSA) is 96.6 Å². The molecular formula is C19H23FN4O2S. The van der Waals surface area contributed by atoms with E-state index < -0.39 is 10.0 Å². The van der Waals surface area contributed by atoms with E-state index in [4.69, 9.17) is 5.14 Å². The molecule has 0 saturated heterocycles. The maximum atomic E-state index is 13.5. The number of halogens is 1. The normalized spacial score (nSPS) is 16.0. The van der Waals surface area contributed by atoms with Gasteiger partial charge in [-0.3, -0.25) is 4.99 Å². The summed E-state index contributed by atoms with van der Waals surface area (Å²) in [5.74, 6) is 0.370. The van der Waals surface area contributed by atoms with Crippen LogP contribution in [-0.2, 0) is 22.0 Å². The van der Waals surface area contributed by atoms with Crippen molar-refractivity contribution in [3.63, 3.8) is 0 Å². The predicted molar refractivity (Wildman–Crippen MR) is 103 cm³/mol. The first-order valence-electron chi connectivity index (χ1n) is 8.65.